The number of aliphatic hydroxyl groups is 1. The third-order valence-corrected chi connectivity index (χ3v) is 6.42. The number of rotatable bonds is 11. The maximum Gasteiger partial charge on any atom is 0.137 e. The van der Waals surface area contributed by atoms with E-state index in [4.69, 9.17) is 0 Å². The van der Waals surface area contributed by atoms with Gasteiger partial charge in [-0.15, -0.1) is 0 Å². The minimum atomic E-state index is -1.55. The van der Waals surface area contributed by atoms with Gasteiger partial charge in [0.1, 0.15) is 29.9 Å². The molecule has 1 aliphatic rings. The Labute approximate surface area is 195 Å². The Morgan fingerprint density at radius 3 is 2.48 bits per heavy atom. The Morgan fingerprint density at radius 1 is 1.12 bits per heavy atom. The van der Waals surface area contributed by atoms with Crippen molar-refractivity contribution < 1.29 is 13.9 Å². The van der Waals surface area contributed by atoms with Crippen molar-refractivity contribution in [3.63, 3.8) is 0 Å². The summed E-state index contributed by atoms with van der Waals surface area (Å²) in [5, 5.41) is 15.6. The van der Waals surface area contributed by atoms with E-state index in [-0.39, 0.29) is 18.7 Å². The van der Waals surface area contributed by atoms with Gasteiger partial charge in [-0.3, -0.25) is 4.90 Å². The fraction of sp³-hybridized carbons (Fsp3) is 0.600. The lowest BCUT2D eigenvalue weighted by molar-refractivity contribution is -0.0320. The summed E-state index contributed by atoms with van der Waals surface area (Å²) in [6, 6.07) is 3.33. The lowest BCUT2D eigenvalue weighted by Gasteiger charge is -2.40. The van der Waals surface area contributed by atoms with E-state index in [2.05, 4.69) is 46.7 Å². The van der Waals surface area contributed by atoms with Crippen LogP contribution >= 0.6 is 0 Å². The molecule has 1 aromatic heterocycles. The molecule has 2 unspecified atom stereocenters. The van der Waals surface area contributed by atoms with Gasteiger partial charge in [0.15, 0.2) is 0 Å². The fourth-order valence-corrected chi connectivity index (χ4v) is 4.41. The summed E-state index contributed by atoms with van der Waals surface area (Å²) in [7, 11) is 0. The van der Waals surface area contributed by atoms with E-state index >= 15 is 0 Å². The van der Waals surface area contributed by atoms with E-state index in [1.165, 1.54) is 47.9 Å². The number of β-amino-alcohol motifs (C(OH)–C–C–N with tert-alkyl or cyclic N) is 1. The highest BCUT2D eigenvalue weighted by atomic mass is 19.1. The van der Waals surface area contributed by atoms with Gasteiger partial charge in [0.05, 0.1) is 6.54 Å². The lowest BCUT2D eigenvalue weighted by atomic mass is 9.92. The second kappa shape index (κ2) is 11.8. The van der Waals surface area contributed by atoms with Gasteiger partial charge in [-0.1, -0.05) is 24.6 Å². The van der Waals surface area contributed by atoms with Gasteiger partial charge in [-0.2, -0.15) is 5.10 Å². The van der Waals surface area contributed by atoms with Crippen LogP contribution < -0.4 is 0 Å². The molecule has 1 aliphatic heterocycles. The molecule has 1 fully saturated rings. The zero-order valence-electron chi connectivity index (χ0n) is 20.1. The predicted octanol–water partition coefficient (Wildman–Crippen LogP) is 3.83. The molecule has 0 spiro atoms. The van der Waals surface area contributed by atoms with Gasteiger partial charge in [0, 0.05) is 44.4 Å². The fourth-order valence-electron chi connectivity index (χ4n) is 4.41. The highest BCUT2D eigenvalue weighted by Crippen LogP contribution is 2.28. The lowest BCUT2D eigenvalue weighted by Crippen LogP contribution is -2.52. The van der Waals surface area contributed by atoms with Crippen molar-refractivity contribution in [1.29, 1.82) is 0 Å². The molecule has 0 aliphatic carbocycles. The molecule has 0 saturated carbocycles. The van der Waals surface area contributed by atoms with Gasteiger partial charge in [-0.05, 0) is 51.6 Å². The molecular formula is C25H37F2N5O. The summed E-state index contributed by atoms with van der Waals surface area (Å²) >= 11 is 0. The van der Waals surface area contributed by atoms with Crippen LogP contribution in [0.25, 0.3) is 0 Å². The van der Waals surface area contributed by atoms with Crippen molar-refractivity contribution >= 4 is 0 Å². The largest absolute Gasteiger partial charge is 0.382 e. The maximum atomic E-state index is 14.6. The van der Waals surface area contributed by atoms with Crippen LogP contribution in [-0.2, 0) is 12.1 Å². The van der Waals surface area contributed by atoms with E-state index in [1.54, 1.807) is 0 Å². The van der Waals surface area contributed by atoms with Crippen LogP contribution in [0.1, 0.15) is 45.6 Å². The van der Waals surface area contributed by atoms with Crippen LogP contribution in [0.4, 0.5) is 8.78 Å². The molecule has 0 amide bonds. The second-order valence-corrected chi connectivity index (χ2v) is 9.62. The molecule has 33 heavy (non-hydrogen) atoms. The van der Waals surface area contributed by atoms with Crippen LogP contribution in [0.5, 0.6) is 0 Å². The quantitative estimate of drug-likeness (QED) is 0.516. The number of allylic oxidation sites excluding steroid dienone is 2. The molecule has 2 aromatic rings. The van der Waals surface area contributed by atoms with Crippen LogP contribution in [0, 0.1) is 17.6 Å². The Kier molecular flexibility index (Phi) is 9.11. The second-order valence-electron chi connectivity index (χ2n) is 9.62. The molecule has 1 aromatic carbocycles. The van der Waals surface area contributed by atoms with Crippen molar-refractivity contribution in [2.24, 2.45) is 5.92 Å². The topological polar surface area (TPSA) is 57.4 Å². The van der Waals surface area contributed by atoms with Gasteiger partial charge in [0.2, 0.25) is 0 Å². The number of aromatic nitrogens is 3. The zero-order chi connectivity index (χ0) is 23.8. The normalized spacial score (nSPS) is 18.1. The number of hydrogen-bond donors (Lipinski definition) is 1. The molecule has 8 heteroatoms. The predicted molar refractivity (Wildman–Crippen MR) is 126 cm³/mol. The van der Waals surface area contributed by atoms with Crippen molar-refractivity contribution in [3.8, 4) is 0 Å². The smallest absolute Gasteiger partial charge is 0.137 e. The molecule has 2 heterocycles. The molecule has 1 N–H and O–H groups in total. The highest BCUT2D eigenvalue weighted by Gasteiger charge is 2.36. The molecule has 3 rings (SSSR count). The third kappa shape index (κ3) is 7.69. The molecule has 182 valence electrons. The molecule has 1 saturated heterocycles. The molecule has 6 nitrogen and oxygen atoms in total. The third-order valence-electron chi connectivity index (χ3n) is 6.42. The summed E-state index contributed by atoms with van der Waals surface area (Å²) in [4.78, 5) is 8.53. The van der Waals surface area contributed by atoms with Gasteiger partial charge < -0.3 is 10.0 Å². The van der Waals surface area contributed by atoms with Crippen LogP contribution in [0.3, 0.4) is 0 Å². The average molecular weight is 462 g/mol. The average Bonchev–Trinajstić information content (AvgIpc) is 3.25. The maximum absolute atomic E-state index is 14.6. The van der Waals surface area contributed by atoms with Crippen LogP contribution in [0.15, 0.2) is 42.5 Å². The summed E-state index contributed by atoms with van der Waals surface area (Å²) in [5.74, 6) is -0.728. The summed E-state index contributed by atoms with van der Waals surface area (Å²) in [5.41, 5.74) is -0.0951. The first-order valence-corrected chi connectivity index (χ1v) is 11.8. The van der Waals surface area contributed by atoms with Crippen LogP contribution in [-0.4, -0.2) is 68.9 Å². The standard InChI is InChI=1S/C25H37F2N5O/c1-20(2)5-4-6-21(3)9-10-30-11-13-31(14-12-30)16-25(33,17-32-19-28-18-29-32)23-8-7-22(26)15-24(23)27/h5,7-8,15,18-19,21,33H,4,6,9-14,16-17H2,1-3H3. The number of benzene rings is 1. The summed E-state index contributed by atoms with van der Waals surface area (Å²) in [6.45, 7) is 11.3. The molecule has 0 radical (unpaired) electrons. The minimum Gasteiger partial charge on any atom is -0.382 e. The Balaban J connectivity index is 1.56. The molecular weight excluding hydrogens is 424 g/mol. The van der Waals surface area contributed by atoms with Gasteiger partial charge >= 0.3 is 0 Å². The summed E-state index contributed by atoms with van der Waals surface area (Å²) in [6.07, 6.45) is 8.70. The zero-order valence-corrected chi connectivity index (χ0v) is 20.1. The molecule has 2 atom stereocenters. The van der Waals surface area contributed by atoms with Crippen LogP contribution in [0.2, 0.25) is 0 Å². The first kappa shape index (κ1) is 25.5. The minimum absolute atomic E-state index is 0.0406. The van der Waals surface area contributed by atoms with Gasteiger partial charge in [-0.25, -0.2) is 18.4 Å². The number of nitrogens with zero attached hydrogens (tertiary/aromatic N) is 5. The number of hydrogen-bond acceptors (Lipinski definition) is 5. The monoisotopic (exact) mass is 461 g/mol. The van der Waals surface area contributed by atoms with E-state index in [1.807, 2.05) is 0 Å². The number of halogens is 2. The van der Waals surface area contributed by atoms with E-state index in [0.717, 1.165) is 45.2 Å². The van der Waals surface area contributed by atoms with Crippen molar-refractivity contribution in [2.75, 3.05) is 39.3 Å². The van der Waals surface area contributed by atoms with E-state index in [0.29, 0.717) is 5.92 Å². The first-order valence-electron chi connectivity index (χ1n) is 11.8. The first-order chi connectivity index (χ1) is 15.7. The van der Waals surface area contributed by atoms with Crippen molar-refractivity contribution in [3.05, 3.63) is 59.7 Å². The summed E-state index contributed by atoms with van der Waals surface area (Å²) < 4.78 is 29.6. The Morgan fingerprint density at radius 2 is 1.85 bits per heavy atom. The van der Waals surface area contributed by atoms with Crippen molar-refractivity contribution in [2.45, 2.75) is 52.2 Å². The molecule has 0 bridgehead atoms. The highest BCUT2D eigenvalue weighted by molar-refractivity contribution is 5.25. The van der Waals surface area contributed by atoms with E-state index < -0.39 is 17.2 Å². The SMILES string of the molecule is CC(C)=CCCC(C)CCN1CCN(CC(O)(Cn2cncn2)c2ccc(F)cc2F)CC1. The van der Waals surface area contributed by atoms with E-state index in [9.17, 15) is 13.9 Å². The van der Waals surface area contributed by atoms with Crippen molar-refractivity contribution in [1.82, 2.24) is 24.6 Å². The Hall–Kier alpha value is -2.16. The Bertz CT molecular complexity index is 892. The number of piperazine rings is 1. The van der Waals surface area contributed by atoms with Gasteiger partial charge in [0.25, 0.3) is 0 Å².